The number of rotatable bonds is 1. The molecule has 1 heteroatoms. The van der Waals surface area contributed by atoms with Crippen molar-refractivity contribution >= 4 is 10.8 Å². The molecule has 0 saturated carbocycles. The Balaban J connectivity index is 2.35. The molecule has 0 spiro atoms. The monoisotopic (exact) mass is 285 g/mol. The number of nitrogens with zero attached hydrogens (tertiary/aromatic N) is 1. The molecule has 0 aliphatic carbocycles. The van der Waals surface area contributed by atoms with Crippen molar-refractivity contribution in [2.75, 3.05) is 0 Å². The minimum absolute atomic E-state index is 0.0499. The molecule has 108 valence electrons. The highest BCUT2D eigenvalue weighted by molar-refractivity contribution is 5.98. The van der Waals surface area contributed by atoms with Crippen LogP contribution in [-0.2, 0) is 5.41 Å². The van der Waals surface area contributed by atoms with E-state index in [9.17, 15) is 5.26 Å². The molecule has 3 aromatic carbocycles. The van der Waals surface area contributed by atoms with E-state index in [-0.39, 0.29) is 5.41 Å². The molecule has 3 rings (SSSR count). The molecule has 0 heterocycles. The second kappa shape index (κ2) is 5.31. The third-order valence-electron chi connectivity index (χ3n) is 4.06. The third-order valence-corrected chi connectivity index (χ3v) is 4.06. The molecule has 0 aliphatic heterocycles. The van der Waals surface area contributed by atoms with E-state index < -0.39 is 0 Å². The van der Waals surface area contributed by atoms with Crippen molar-refractivity contribution in [2.24, 2.45) is 0 Å². The van der Waals surface area contributed by atoms with Gasteiger partial charge in [-0.25, -0.2) is 0 Å². The summed E-state index contributed by atoms with van der Waals surface area (Å²) >= 11 is 0. The molecule has 0 aromatic heterocycles. The Bertz CT molecular complexity index is 871. The van der Waals surface area contributed by atoms with Crippen LogP contribution in [0.25, 0.3) is 21.9 Å². The zero-order chi connectivity index (χ0) is 15.7. The first-order valence-electron chi connectivity index (χ1n) is 7.54. The predicted molar refractivity (Wildman–Crippen MR) is 92.8 cm³/mol. The Hall–Kier alpha value is -2.59. The Morgan fingerprint density at radius 2 is 1.41 bits per heavy atom. The summed E-state index contributed by atoms with van der Waals surface area (Å²) in [5.41, 5.74) is 3.98. The average Bonchev–Trinajstić information content (AvgIpc) is 2.52. The zero-order valence-corrected chi connectivity index (χ0v) is 13.2. The summed E-state index contributed by atoms with van der Waals surface area (Å²) in [5, 5.41) is 12.1. The van der Waals surface area contributed by atoms with Crippen LogP contribution in [0.5, 0.6) is 0 Å². The van der Waals surface area contributed by atoms with Crippen LogP contribution in [0, 0.1) is 11.3 Å². The number of nitriles is 1. The minimum atomic E-state index is -0.0499. The lowest BCUT2D eigenvalue weighted by atomic mass is 9.81. The van der Waals surface area contributed by atoms with E-state index in [0.717, 1.165) is 22.3 Å². The molecule has 0 unspecified atom stereocenters. The number of hydrogen-bond donors (Lipinski definition) is 0. The SMILES string of the molecule is CC(C)(C)c1cccc(-c2cccc3ccccc23)c1C#N. The fraction of sp³-hybridized carbons (Fsp3) is 0.190. The summed E-state index contributed by atoms with van der Waals surface area (Å²) in [6.07, 6.45) is 0. The van der Waals surface area contributed by atoms with Crippen LogP contribution >= 0.6 is 0 Å². The van der Waals surface area contributed by atoms with Gasteiger partial charge in [-0.2, -0.15) is 5.26 Å². The molecule has 3 aromatic rings. The van der Waals surface area contributed by atoms with Gasteiger partial charge >= 0.3 is 0 Å². The van der Waals surface area contributed by atoms with E-state index >= 15 is 0 Å². The fourth-order valence-electron chi connectivity index (χ4n) is 2.98. The molecular formula is C21H19N. The lowest BCUT2D eigenvalue weighted by Crippen LogP contribution is -2.13. The molecular weight excluding hydrogens is 266 g/mol. The van der Waals surface area contributed by atoms with Crippen LogP contribution < -0.4 is 0 Å². The fourth-order valence-corrected chi connectivity index (χ4v) is 2.98. The summed E-state index contributed by atoms with van der Waals surface area (Å²) in [7, 11) is 0. The normalized spacial score (nSPS) is 11.4. The molecule has 0 bridgehead atoms. The second-order valence-corrected chi connectivity index (χ2v) is 6.62. The topological polar surface area (TPSA) is 23.8 Å². The predicted octanol–water partition coefficient (Wildman–Crippen LogP) is 5.68. The van der Waals surface area contributed by atoms with Gasteiger partial charge in [-0.15, -0.1) is 0 Å². The standard InChI is InChI=1S/C21H19N/c1-21(2,3)20-13-7-12-18(19(20)14-22)17-11-6-9-15-8-4-5-10-16(15)17/h4-13H,1-3H3. The highest BCUT2D eigenvalue weighted by Gasteiger charge is 2.21. The lowest BCUT2D eigenvalue weighted by molar-refractivity contribution is 0.589. The Labute approximate surface area is 131 Å². The van der Waals surface area contributed by atoms with Crippen LogP contribution in [0.3, 0.4) is 0 Å². The van der Waals surface area contributed by atoms with Gasteiger partial charge in [-0.3, -0.25) is 0 Å². The van der Waals surface area contributed by atoms with Crippen molar-refractivity contribution in [3.8, 4) is 17.2 Å². The van der Waals surface area contributed by atoms with E-state index in [2.05, 4.69) is 75.4 Å². The van der Waals surface area contributed by atoms with Gasteiger partial charge in [-0.1, -0.05) is 81.4 Å². The van der Waals surface area contributed by atoms with Crippen molar-refractivity contribution in [1.29, 1.82) is 5.26 Å². The van der Waals surface area contributed by atoms with Gasteiger partial charge < -0.3 is 0 Å². The van der Waals surface area contributed by atoms with Crippen LogP contribution in [0.1, 0.15) is 31.9 Å². The maximum Gasteiger partial charge on any atom is 0.100 e. The molecule has 1 nitrogen and oxygen atoms in total. The number of hydrogen-bond acceptors (Lipinski definition) is 1. The van der Waals surface area contributed by atoms with Crippen LogP contribution in [0.4, 0.5) is 0 Å². The van der Waals surface area contributed by atoms with Gasteiger partial charge in [0.2, 0.25) is 0 Å². The molecule has 0 saturated heterocycles. The maximum absolute atomic E-state index is 9.75. The summed E-state index contributed by atoms with van der Waals surface area (Å²) < 4.78 is 0. The van der Waals surface area contributed by atoms with E-state index in [1.807, 2.05) is 12.1 Å². The molecule has 0 amide bonds. The third kappa shape index (κ3) is 2.38. The summed E-state index contributed by atoms with van der Waals surface area (Å²) in [4.78, 5) is 0. The number of fused-ring (bicyclic) bond motifs is 1. The van der Waals surface area contributed by atoms with E-state index in [1.165, 1.54) is 10.8 Å². The van der Waals surface area contributed by atoms with Gasteiger partial charge in [0.25, 0.3) is 0 Å². The second-order valence-electron chi connectivity index (χ2n) is 6.62. The van der Waals surface area contributed by atoms with E-state index in [4.69, 9.17) is 0 Å². The first kappa shape index (κ1) is 14.4. The van der Waals surface area contributed by atoms with Crippen LogP contribution in [0.15, 0.2) is 60.7 Å². The van der Waals surface area contributed by atoms with Crippen molar-refractivity contribution < 1.29 is 0 Å². The summed E-state index contributed by atoms with van der Waals surface area (Å²) in [6, 6.07) is 23.2. The Morgan fingerprint density at radius 3 is 2.14 bits per heavy atom. The van der Waals surface area contributed by atoms with Crippen molar-refractivity contribution in [2.45, 2.75) is 26.2 Å². The first-order chi connectivity index (χ1) is 10.5. The smallest absolute Gasteiger partial charge is 0.100 e. The highest BCUT2D eigenvalue weighted by atomic mass is 14.3. The molecule has 0 N–H and O–H groups in total. The lowest BCUT2D eigenvalue weighted by Gasteiger charge is -2.22. The van der Waals surface area contributed by atoms with Gasteiger partial charge in [0.1, 0.15) is 6.07 Å². The van der Waals surface area contributed by atoms with Crippen LogP contribution in [0.2, 0.25) is 0 Å². The van der Waals surface area contributed by atoms with Crippen molar-refractivity contribution in [1.82, 2.24) is 0 Å². The maximum atomic E-state index is 9.75. The first-order valence-corrected chi connectivity index (χ1v) is 7.54. The molecule has 0 aliphatic rings. The van der Waals surface area contributed by atoms with Gasteiger partial charge in [0.15, 0.2) is 0 Å². The molecule has 0 atom stereocenters. The van der Waals surface area contributed by atoms with E-state index in [0.29, 0.717) is 0 Å². The number of benzene rings is 3. The van der Waals surface area contributed by atoms with Gasteiger partial charge in [0.05, 0.1) is 5.56 Å². The van der Waals surface area contributed by atoms with E-state index in [1.54, 1.807) is 0 Å². The van der Waals surface area contributed by atoms with Crippen molar-refractivity contribution in [3.05, 3.63) is 71.8 Å². The molecule has 0 fully saturated rings. The summed E-state index contributed by atoms with van der Waals surface area (Å²) in [5.74, 6) is 0. The van der Waals surface area contributed by atoms with Gasteiger partial charge in [0, 0.05) is 5.56 Å². The molecule has 0 radical (unpaired) electrons. The highest BCUT2D eigenvalue weighted by Crippen LogP contribution is 2.35. The van der Waals surface area contributed by atoms with Crippen molar-refractivity contribution in [3.63, 3.8) is 0 Å². The Morgan fingerprint density at radius 1 is 0.773 bits per heavy atom. The summed E-state index contributed by atoms with van der Waals surface area (Å²) in [6.45, 7) is 6.45. The Kier molecular flexibility index (Phi) is 3.47. The van der Waals surface area contributed by atoms with Crippen LogP contribution in [-0.4, -0.2) is 0 Å². The average molecular weight is 285 g/mol. The van der Waals surface area contributed by atoms with Gasteiger partial charge in [-0.05, 0) is 27.3 Å². The molecule has 22 heavy (non-hydrogen) atoms. The quantitative estimate of drug-likeness (QED) is 0.564. The zero-order valence-electron chi connectivity index (χ0n) is 13.2. The minimum Gasteiger partial charge on any atom is -0.192 e. The largest absolute Gasteiger partial charge is 0.192 e.